The normalized spacial score (nSPS) is 9.68. The van der Waals surface area contributed by atoms with Crippen molar-refractivity contribution < 1.29 is 14.1 Å². The lowest BCUT2D eigenvalue weighted by Crippen LogP contribution is -1.94. The first-order chi connectivity index (χ1) is 9.11. The molecule has 0 N–H and O–H groups in total. The lowest BCUT2D eigenvalue weighted by molar-refractivity contribution is -0.385. The quantitative estimate of drug-likeness (QED) is 0.482. The maximum absolute atomic E-state index is 13.6. The van der Waals surface area contributed by atoms with Crippen LogP contribution in [-0.4, -0.2) is 9.91 Å². The third kappa shape index (κ3) is 2.66. The molecule has 5 nitrogen and oxygen atoms in total. The summed E-state index contributed by atoms with van der Waals surface area (Å²) in [7, 11) is 0. The standard InChI is InChI=1S/C13H7FN2O3/c1-2-9-8-15-6-5-12(9)19-13-4-3-10(16(17)18)7-11(13)14/h1,3-8H. The molecule has 0 fully saturated rings. The van der Waals surface area contributed by atoms with Crippen molar-refractivity contribution in [1.29, 1.82) is 0 Å². The summed E-state index contributed by atoms with van der Waals surface area (Å²) in [5, 5.41) is 10.5. The predicted molar refractivity (Wildman–Crippen MR) is 65.3 cm³/mol. The second-order valence-corrected chi connectivity index (χ2v) is 3.49. The minimum absolute atomic E-state index is 0.145. The van der Waals surface area contributed by atoms with Gasteiger partial charge in [0.1, 0.15) is 5.75 Å². The largest absolute Gasteiger partial charge is 0.453 e. The Morgan fingerprint density at radius 1 is 1.37 bits per heavy atom. The summed E-state index contributed by atoms with van der Waals surface area (Å²) in [5.41, 5.74) is 0.0111. The summed E-state index contributed by atoms with van der Waals surface area (Å²) in [6.45, 7) is 0. The van der Waals surface area contributed by atoms with Crippen LogP contribution in [0.4, 0.5) is 10.1 Å². The molecule has 0 aliphatic rings. The lowest BCUT2D eigenvalue weighted by atomic mass is 10.2. The van der Waals surface area contributed by atoms with Crippen molar-refractivity contribution in [2.24, 2.45) is 0 Å². The number of terminal acetylenes is 1. The van der Waals surface area contributed by atoms with Gasteiger partial charge in [-0.2, -0.15) is 0 Å². The van der Waals surface area contributed by atoms with E-state index in [1.54, 1.807) is 0 Å². The third-order valence-electron chi connectivity index (χ3n) is 2.28. The van der Waals surface area contributed by atoms with Gasteiger partial charge in [0.2, 0.25) is 0 Å². The van der Waals surface area contributed by atoms with Gasteiger partial charge >= 0.3 is 0 Å². The van der Waals surface area contributed by atoms with E-state index in [1.165, 1.54) is 24.5 Å². The Morgan fingerprint density at radius 2 is 2.16 bits per heavy atom. The van der Waals surface area contributed by atoms with Crippen LogP contribution in [0, 0.1) is 28.3 Å². The molecular formula is C13H7FN2O3. The number of nitro benzene ring substituents is 1. The molecule has 0 aliphatic carbocycles. The molecule has 6 heteroatoms. The number of hydrogen-bond donors (Lipinski definition) is 0. The zero-order valence-electron chi connectivity index (χ0n) is 9.54. The summed E-state index contributed by atoms with van der Waals surface area (Å²) < 4.78 is 18.9. The van der Waals surface area contributed by atoms with Crippen molar-refractivity contribution in [3.63, 3.8) is 0 Å². The molecule has 94 valence electrons. The molecule has 2 aromatic rings. The molecule has 19 heavy (non-hydrogen) atoms. The highest BCUT2D eigenvalue weighted by Crippen LogP contribution is 2.28. The van der Waals surface area contributed by atoms with Crippen LogP contribution < -0.4 is 4.74 Å². The minimum Gasteiger partial charge on any atom is -0.453 e. The molecule has 1 heterocycles. The SMILES string of the molecule is C#Cc1cnccc1Oc1ccc([N+](=O)[O-])cc1F. The first-order valence-corrected chi connectivity index (χ1v) is 5.14. The monoisotopic (exact) mass is 258 g/mol. The number of benzene rings is 1. The van der Waals surface area contributed by atoms with E-state index >= 15 is 0 Å². The Hall–Kier alpha value is -2.94. The number of rotatable bonds is 3. The molecule has 0 atom stereocenters. The third-order valence-corrected chi connectivity index (χ3v) is 2.28. The zero-order chi connectivity index (χ0) is 13.8. The number of hydrogen-bond acceptors (Lipinski definition) is 4. The number of nitrogens with zero attached hydrogens (tertiary/aromatic N) is 2. The number of nitro groups is 1. The van der Waals surface area contributed by atoms with Gasteiger partial charge in [-0.1, -0.05) is 5.92 Å². The molecule has 0 saturated heterocycles. The Kier molecular flexibility index (Phi) is 3.39. The van der Waals surface area contributed by atoms with Gasteiger partial charge in [0.25, 0.3) is 5.69 Å². The highest BCUT2D eigenvalue weighted by atomic mass is 19.1. The smallest absolute Gasteiger partial charge is 0.272 e. The first kappa shape index (κ1) is 12.5. The maximum Gasteiger partial charge on any atom is 0.272 e. The van der Waals surface area contributed by atoms with Crippen molar-refractivity contribution in [2.45, 2.75) is 0 Å². The molecule has 1 aromatic carbocycles. The second kappa shape index (κ2) is 5.14. The Balaban J connectivity index is 2.34. The molecular weight excluding hydrogens is 251 g/mol. The van der Waals surface area contributed by atoms with Crippen LogP contribution in [0.5, 0.6) is 11.5 Å². The fourth-order valence-electron chi connectivity index (χ4n) is 1.38. The number of non-ortho nitro benzene ring substituents is 1. The average molecular weight is 258 g/mol. The van der Waals surface area contributed by atoms with Crippen LogP contribution in [-0.2, 0) is 0 Å². The van der Waals surface area contributed by atoms with Gasteiger partial charge < -0.3 is 4.74 Å². The van der Waals surface area contributed by atoms with Gasteiger partial charge in [0.15, 0.2) is 11.6 Å². The summed E-state index contributed by atoms with van der Waals surface area (Å²) in [6.07, 6.45) is 8.10. The topological polar surface area (TPSA) is 65.3 Å². The summed E-state index contributed by atoms with van der Waals surface area (Å²) in [5.74, 6) is 1.62. The van der Waals surface area contributed by atoms with E-state index in [-0.39, 0.29) is 17.2 Å². The van der Waals surface area contributed by atoms with Crippen LogP contribution in [0.2, 0.25) is 0 Å². The van der Waals surface area contributed by atoms with E-state index in [4.69, 9.17) is 11.2 Å². The van der Waals surface area contributed by atoms with E-state index in [0.29, 0.717) is 5.56 Å². The molecule has 0 amide bonds. The van der Waals surface area contributed by atoms with Crippen molar-refractivity contribution in [3.8, 4) is 23.8 Å². The van der Waals surface area contributed by atoms with Crippen molar-refractivity contribution in [3.05, 3.63) is 58.2 Å². The first-order valence-electron chi connectivity index (χ1n) is 5.14. The van der Waals surface area contributed by atoms with Crippen molar-refractivity contribution in [1.82, 2.24) is 4.98 Å². The van der Waals surface area contributed by atoms with Crippen molar-refractivity contribution >= 4 is 5.69 Å². The lowest BCUT2D eigenvalue weighted by Gasteiger charge is -2.07. The number of ether oxygens (including phenoxy) is 1. The van der Waals surface area contributed by atoms with Crippen molar-refractivity contribution in [2.75, 3.05) is 0 Å². The number of aromatic nitrogens is 1. The van der Waals surface area contributed by atoms with Crippen LogP contribution >= 0.6 is 0 Å². The van der Waals surface area contributed by atoms with Crippen LogP contribution in [0.1, 0.15) is 5.56 Å². The molecule has 0 radical (unpaired) electrons. The van der Waals surface area contributed by atoms with Gasteiger partial charge in [0, 0.05) is 24.5 Å². The molecule has 0 aliphatic heterocycles. The molecule has 0 spiro atoms. The molecule has 0 unspecified atom stereocenters. The second-order valence-electron chi connectivity index (χ2n) is 3.49. The van der Waals surface area contributed by atoms with Crippen LogP contribution in [0.15, 0.2) is 36.7 Å². The van der Waals surface area contributed by atoms with Crippen LogP contribution in [0.25, 0.3) is 0 Å². The number of pyridine rings is 1. The van der Waals surface area contributed by atoms with E-state index in [1.807, 2.05) is 0 Å². The van der Waals surface area contributed by atoms with Gasteiger partial charge in [-0.05, 0) is 6.07 Å². The highest BCUT2D eigenvalue weighted by Gasteiger charge is 2.13. The maximum atomic E-state index is 13.6. The van der Waals surface area contributed by atoms with E-state index in [9.17, 15) is 14.5 Å². The zero-order valence-corrected chi connectivity index (χ0v) is 9.54. The molecule has 1 aromatic heterocycles. The Bertz CT molecular complexity index is 680. The minimum atomic E-state index is -0.839. The van der Waals surface area contributed by atoms with Gasteiger partial charge in [-0.15, -0.1) is 6.42 Å². The molecule has 2 rings (SSSR count). The van der Waals surface area contributed by atoms with E-state index < -0.39 is 10.7 Å². The summed E-state index contributed by atoms with van der Waals surface area (Å²) in [4.78, 5) is 13.6. The molecule has 0 saturated carbocycles. The Labute approximate surface area is 107 Å². The van der Waals surface area contributed by atoms with Gasteiger partial charge in [0.05, 0.1) is 16.6 Å². The number of halogens is 1. The summed E-state index contributed by atoms with van der Waals surface area (Å²) in [6, 6.07) is 4.59. The fraction of sp³-hybridized carbons (Fsp3) is 0. The van der Waals surface area contributed by atoms with Gasteiger partial charge in [-0.3, -0.25) is 15.1 Å². The van der Waals surface area contributed by atoms with E-state index in [2.05, 4.69) is 10.9 Å². The summed E-state index contributed by atoms with van der Waals surface area (Å²) >= 11 is 0. The van der Waals surface area contributed by atoms with E-state index in [0.717, 1.165) is 12.1 Å². The molecule has 0 bridgehead atoms. The van der Waals surface area contributed by atoms with Gasteiger partial charge in [-0.25, -0.2) is 4.39 Å². The Morgan fingerprint density at radius 3 is 2.79 bits per heavy atom. The van der Waals surface area contributed by atoms with Crippen LogP contribution in [0.3, 0.4) is 0 Å². The average Bonchev–Trinajstić information content (AvgIpc) is 2.41. The fourth-order valence-corrected chi connectivity index (χ4v) is 1.38. The highest BCUT2D eigenvalue weighted by molar-refractivity contribution is 5.46. The predicted octanol–water partition coefficient (Wildman–Crippen LogP) is 2.90.